The number of piperidine rings is 1. The lowest BCUT2D eigenvalue weighted by atomic mass is 9.82. The number of anilines is 1. The molecule has 2 N–H and O–H groups in total. The zero-order chi connectivity index (χ0) is 23.8. The predicted molar refractivity (Wildman–Crippen MR) is 122 cm³/mol. The number of carbonyl (C=O) groups excluding carboxylic acids is 1. The molecule has 0 bridgehead atoms. The summed E-state index contributed by atoms with van der Waals surface area (Å²) >= 11 is 1.43. The van der Waals surface area contributed by atoms with Crippen LogP contribution in [-0.4, -0.2) is 63.6 Å². The van der Waals surface area contributed by atoms with E-state index in [1.54, 1.807) is 17.3 Å². The number of thiophene rings is 1. The van der Waals surface area contributed by atoms with Gasteiger partial charge in [-0.2, -0.15) is 0 Å². The number of nitrogens with one attached hydrogen (secondary N) is 1. The van der Waals surface area contributed by atoms with Gasteiger partial charge in [0.15, 0.2) is 0 Å². The van der Waals surface area contributed by atoms with Crippen molar-refractivity contribution in [1.82, 2.24) is 14.9 Å². The molecule has 1 spiro atoms. The van der Waals surface area contributed by atoms with Gasteiger partial charge in [0, 0.05) is 35.2 Å². The molecule has 7 nitrogen and oxygen atoms in total. The molecule has 1 fully saturated rings. The highest BCUT2D eigenvalue weighted by Gasteiger charge is 2.46. The van der Waals surface area contributed by atoms with Crippen molar-refractivity contribution in [1.29, 1.82) is 0 Å². The van der Waals surface area contributed by atoms with Crippen molar-refractivity contribution >= 4 is 22.9 Å². The summed E-state index contributed by atoms with van der Waals surface area (Å²) in [7, 11) is 0. The smallest absolute Gasteiger partial charge is 0.291 e. The summed E-state index contributed by atoms with van der Waals surface area (Å²) < 4.78 is 32.1. The Kier molecular flexibility index (Phi) is 6.70. The van der Waals surface area contributed by atoms with E-state index in [1.807, 2.05) is 26.8 Å². The summed E-state index contributed by atoms with van der Waals surface area (Å²) in [6.07, 6.45) is 2.43. The molecule has 4 heterocycles. The zero-order valence-corrected chi connectivity index (χ0v) is 19.9. The van der Waals surface area contributed by atoms with Crippen LogP contribution in [0.3, 0.4) is 0 Å². The lowest BCUT2D eigenvalue weighted by Crippen LogP contribution is -2.52. The highest BCUT2D eigenvalue weighted by Crippen LogP contribution is 2.47. The number of rotatable bonds is 6. The fourth-order valence-corrected chi connectivity index (χ4v) is 6.04. The maximum Gasteiger partial charge on any atom is 0.291 e. The maximum absolute atomic E-state index is 13.1. The summed E-state index contributed by atoms with van der Waals surface area (Å²) in [6.45, 7) is 6.64. The maximum atomic E-state index is 13.1. The highest BCUT2D eigenvalue weighted by atomic mass is 32.1. The molecule has 2 atom stereocenters. The molecule has 33 heavy (non-hydrogen) atoms. The third-order valence-corrected chi connectivity index (χ3v) is 7.66. The van der Waals surface area contributed by atoms with Gasteiger partial charge in [-0.05, 0) is 45.2 Å². The summed E-state index contributed by atoms with van der Waals surface area (Å²) in [5, 5.41) is 12.5. The van der Waals surface area contributed by atoms with Crippen molar-refractivity contribution in [3.63, 3.8) is 0 Å². The minimum absolute atomic E-state index is 0.0572. The average molecular weight is 481 g/mol. The van der Waals surface area contributed by atoms with Crippen LogP contribution in [0.5, 0.6) is 0 Å². The molecular formula is C23H30F2N4O3S. The molecule has 1 amide bonds. The third-order valence-electron chi connectivity index (χ3n) is 6.27. The molecule has 4 rings (SSSR count). The van der Waals surface area contributed by atoms with E-state index in [0.29, 0.717) is 36.6 Å². The van der Waals surface area contributed by atoms with Crippen LogP contribution in [-0.2, 0) is 23.2 Å². The quantitative estimate of drug-likeness (QED) is 0.657. The first-order chi connectivity index (χ1) is 15.6. The van der Waals surface area contributed by atoms with Crippen LogP contribution in [0, 0.1) is 0 Å². The second-order valence-corrected chi connectivity index (χ2v) is 10.7. The number of fused-ring (bicyclic) bond motifs is 2. The number of hydrogen-bond acceptors (Lipinski definition) is 7. The number of nitrogens with zero attached hydrogens (tertiary/aromatic N) is 3. The Morgan fingerprint density at radius 1 is 1.42 bits per heavy atom. The number of aliphatic hydroxyl groups is 1. The fourth-order valence-electron chi connectivity index (χ4n) is 4.64. The van der Waals surface area contributed by atoms with Gasteiger partial charge >= 0.3 is 0 Å². The van der Waals surface area contributed by atoms with Crippen molar-refractivity contribution in [3.8, 4) is 0 Å². The first-order valence-corrected chi connectivity index (χ1v) is 12.0. The molecule has 1 saturated heterocycles. The molecule has 2 aliphatic heterocycles. The Morgan fingerprint density at radius 3 is 2.79 bits per heavy atom. The normalized spacial score (nSPS) is 23.1. The predicted octanol–water partition coefficient (Wildman–Crippen LogP) is 3.62. The topological polar surface area (TPSA) is 87.6 Å². The highest BCUT2D eigenvalue weighted by molar-refractivity contribution is 7.12. The van der Waals surface area contributed by atoms with Crippen molar-refractivity contribution < 1.29 is 23.4 Å². The third kappa shape index (κ3) is 5.02. The first kappa shape index (κ1) is 24.0. The Balaban J connectivity index is 1.47. The monoisotopic (exact) mass is 480 g/mol. The fraction of sp³-hybridized carbons (Fsp3) is 0.609. The van der Waals surface area contributed by atoms with E-state index in [4.69, 9.17) is 4.74 Å². The van der Waals surface area contributed by atoms with Gasteiger partial charge in [0.2, 0.25) is 12.2 Å². The summed E-state index contributed by atoms with van der Waals surface area (Å²) in [5.41, 5.74) is 0.669. The number of ether oxygens (including phenoxy) is 1. The molecular weight excluding hydrogens is 450 g/mol. The van der Waals surface area contributed by atoms with Gasteiger partial charge < -0.3 is 20.1 Å². The lowest BCUT2D eigenvalue weighted by molar-refractivity contribution is -0.103. The summed E-state index contributed by atoms with van der Waals surface area (Å²) in [4.78, 5) is 25.1. The van der Waals surface area contributed by atoms with Crippen molar-refractivity contribution in [3.05, 3.63) is 39.6 Å². The van der Waals surface area contributed by atoms with Crippen LogP contribution in [0.1, 0.15) is 59.5 Å². The van der Waals surface area contributed by atoms with E-state index in [2.05, 4.69) is 15.3 Å². The van der Waals surface area contributed by atoms with E-state index >= 15 is 0 Å². The minimum atomic E-state index is -2.36. The van der Waals surface area contributed by atoms with Gasteiger partial charge in [-0.1, -0.05) is 0 Å². The number of amides is 1. The average Bonchev–Trinajstić information content (AvgIpc) is 3.17. The Morgan fingerprint density at radius 2 is 2.15 bits per heavy atom. The van der Waals surface area contributed by atoms with Gasteiger partial charge in [0.1, 0.15) is 5.60 Å². The standard InChI is InChI=1S/C23H30F2N4O3S/c1-14-10-23(19-15(4-7-32-23)8-17(33-19)9-18(24)25)5-6-29(14)21(31)20-26-11-16(12-27-20)28-22(2,3)13-30/h8,11-12,14,18,28,30H,4-7,9-10,13H2,1-3H3/t14-,23+/m0/s1. The Hall–Kier alpha value is -2.17. The number of hydrogen-bond donors (Lipinski definition) is 2. The number of aromatic nitrogens is 2. The Labute approximate surface area is 196 Å². The Bertz CT molecular complexity index is 998. The number of aliphatic hydroxyl groups excluding tert-OH is 1. The largest absolute Gasteiger partial charge is 0.394 e. The molecule has 0 aromatic carbocycles. The second-order valence-electron chi connectivity index (χ2n) is 9.52. The van der Waals surface area contributed by atoms with Crippen LogP contribution >= 0.6 is 11.3 Å². The molecule has 0 radical (unpaired) electrons. The van der Waals surface area contributed by atoms with E-state index < -0.39 is 17.6 Å². The van der Waals surface area contributed by atoms with Crippen molar-refractivity contribution in [2.75, 3.05) is 25.1 Å². The molecule has 180 valence electrons. The summed E-state index contributed by atoms with van der Waals surface area (Å²) in [5.74, 6) is -0.128. The van der Waals surface area contributed by atoms with E-state index in [-0.39, 0.29) is 30.8 Å². The van der Waals surface area contributed by atoms with Crippen molar-refractivity contribution in [2.45, 2.75) is 70.1 Å². The number of likely N-dealkylation sites (tertiary alicyclic amines) is 1. The van der Waals surface area contributed by atoms with Gasteiger partial charge in [-0.25, -0.2) is 18.7 Å². The van der Waals surface area contributed by atoms with Crippen LogP contribution in [0.2, 0.25) is 0 Å². The number of carbonyl (C=O) groups is 1. The SMILES string of the molecule is C[C@H]1C[C@@]2(CCN1C(=O)c1ncc(NC(C)(C)CO)cn1)OCCc1cc(CC(F)F)sc12. The molecule has 2 aromatic heterocycles. The lowest BCUT2D eigenvalue weighted by Gasteiger charge is -2.46. The van der Waals surface area contributed by atoms with Crippen molar-refractivity contribution in [2.24, 2.45) is 0 Å². The van der Waals surface area contributed by atoms with E-state index in [9.17, 15) is 18.7 Å². The second kappa shape index (κ2) is 9.23. The molecule has 0 aliphatic carbocycles. The number of alkyl halides is 2. The minimum Gasteiger partial charge on any atom is -0.394 e. The molecule has 2 aromatic rings. The number of halogens is 2. The van der Waals surface area contributed by atoms with Gasteiger partial charge in [-0.3, -0.25) is 4.79 Å². The molecule has 0 unspecified atom stereocenters. The van der Waals surface area contributed by atoms with Gasteiger partial charge in [0.05, 0.1) is 36.8 Å². The zero-order valence-electron chi connectivity index (χ0n) is 19.1. The van der Waals surface area contributed by atoms with E-state index in [0.717, 1.165) is 16.9 Å². The molecule has 10 heteroatoms. The summed E-state index contributed by atoms with van der Waals surface area (Å²) in [6, 6.07) is 1.78. The first-order valence-electron chi connectivity index (χ1n) is 11.2. The van der Waals surface area contributed by atoms with Gasteiger partial charge in [0.25, 0.3) is 5.91 Å². The van der Waals surface area contributed by atoms with E-state index in [1.165, 1.54) is 11.3 Å². The van der Waals surface area contributed by atoms with Crippen LogP contribution in [0.4, 0.5) is 14.5 Å². The molecule has 2 aliphatic rings. The molecule has 0 saturated carbocycles. The van der Waals surface area contributed by atoms with Crippen LogP contribution < -0.4 is 5.32 Å². The van der Waals surface area contributed by atoms with Crippen LogP contribution in [0.25, 0.3) is 0 Å². The van der Waals surface area contributed by atoms with Gasteiger partial charge in [-0.15, -0.1) is 11.3 Å². The van der Waals surface area contributed by atoms with Crippen LogP contribution in [0.15, 0.2) is 18.5 Å².